The van der Waals surface area contributed by atoms with Crippen LogP contribution in [0.1, 0.15) is 51.0 Å². The van der Waals surface area contributed by atoms with Crippen molar-refractivity contribution in [2.24, 2.45) is 16.7 Å². The van der Waals surface area contributed by atoms with Crippen molar-refractivity contribution in [3.05, 3.63) is 29.3 Å². The van der Waals surface area contributed by atoms with Gasteiger partial charge >= 0.3 is 0 Å². The zero-order chi connectivity index (χ0) is 18.3. The van der Waals surface area contributed by atoms with Crippen LogP contribution in [-0.4, -0.2) is 34.1 Å². The number of carbonyl (C=O) groups is 1. The van der Waals surface area contributed by atoms with Gasteiger partial charge in [0.1, 0.15) is 16.8 Å². The molecule has 1 aromatic heterocycles. The van der Waals surface area contributed by atoms with E-state index in [1.54, 1.807) is 11.3 Å². The number of hydrogen-bond donors (Lipinski definition) is 1. The van der Waals surface area contributed by atoms with Crippen molar-refractivity contribution in [1.29, 1.82) is 5.41 Å². The van der Waals surface area contributed by atoms with Crippen molar-refractivity contribution in [3.63, 3.8) is 0 Å². The number of hydrogen-bond acceptors (Lipinski definition) is 4. The van der Waals surface area contributed by atoms with E-state index in [0.29, 0.717) is 24.3 Å². The summed E-state index contributed by atoms with van der Waals surface area (Å²) in [5.74, 6) is 0.849. The Bertz CT molecular complexity index is 899. The fourth-order valence-corrected chi connectivity index (χ4v) is 6.94. The molecule has 1 saturated heterocycles. The third-order valence-electron chi connectivity index (χ3n) is 7.91. The van der Waals surface area contributed by atoms with Gasteiger partial charge in [0.2, 0.25) is 0 Å². The molecule has 2 heterocycles. The molecule has 5 rings (SSSR count). The second-order valence-electron chi connectivity index (χ2n) is 9.06. The molecule has 0 radical (unpaired) electrons. The number of thiazole rings is 1. The van der Waals surface area contributed by atoms with Crippen LogP contribution in [0.3, 0.4) is 0 Å². The number of Topliss-reactive ketones (excluding diaryl/α,β-unsaturated/α-hetero) is 1. The Morgan fingerprint density at radius 1 is 1.27 bits per heavy atom. The molecule has 2 aromatic rings. The lowest BCUT2D eigenvalue weighted by Crippen LogP contribution is -2.48. The Morgan fingerprint density at radius 2 is 2.04 bits per heavy atom. The standard InChI is InChI=1S/C21H25N3OS/c1-20(2)12-8-9-21(20,3)16(10-12)24-11-14(25)17(18(24)22)19-23-13-6-4-5-7-15(13)26-19/h4-7,12,16-17,22H,8-11H2,1-3H3. The second-order valence-corrected chi connectivity index (χ2v) is 10.1. The quantitative estimate of drug-likeness (QED) is 0.853. The van der Waals surface area contributed by atoms with Crippen molar-refractivity contribution in [1.82, 2.24) is 9.88 Å². The summed E-state index contributed by atoms with van der Waals surface area (Å²) < 4.78 is 1.09. The maximum atomic E-state index is 12.9. The fourth-order valence-electron chi connectivity index (χ4n) is 5.84. The predicted molar refractivity (Wildman–Crippen MR) is 105 cm³/mol. The van der Waals surface area contributed by atoms with Gasteiger partial charge in [-0.1, -0.05) is 32.9 Å². The zero-order valence-corrected chi connectivity index (χ0v) is 16.4. The number of para-hydroxylation sites is 1. The number of fused-ring (bicyclic) bond motifs is 3. The number of rotatable bonds is 2. The molecule has 4 atom stereocenters. The second kappa shape index (κ2) is 5.16. The van der Waals surface area contributed by atoms with Crippen LogP contribution < -0.4 is 0 Å². The fraction of sp³-hybridized carbons (Fsp3) is 0.571. The Hall–Kier alpha value is -1.75. The molecule has 4 unspecified atom stereocenters. The SMILES string of the molecule is CC1(C)C2CCC1(C)C(N1CC(=O)C(c3nc4ccccc4s3)C1=N)C2. The smallest absolute Gasteiger partial charge is 0.169 e. The lowest BCUT2D eigenvalue weighted by Gasteiger charge is -2.43. The molecule has 4 nitrogen and oxygen atoms in total. The summed E-state index contributed by atoms with van der Waals surface area (Å²) >= 11 is 1.56. The predicted octanol–water partition coefficient (Wildman–Crippen LogP) is 4.46. The first-order chi connectivity index (χ1) is 12.3. The molecule has 3 aliphatic rings. The van der Waals surface area contributed by atoms with Crippen LogP contribution in [0.5, 0.6) is 0 Å². The molecule has 1 N–H and O–H groups in total. The highest BCUT2D eigenvalue weighted by atomic mass is 32.1. The topological polar surface area (TPSA) is 57.1 Å². The summed E-state index contributed by atoms with van der Waals surface area (Å²) in [6.07, 6.45) is 3.61. The molecule has 3 fully saturated rings. The number of benzene rings is 1. The minimum atomic E-state index is -0.474. The monoisotopic (exact) mass is 367 g/mol. The van der Waals surface area contributed by atoms with Gasteiger partial charge in [0.15, 0.2) is 5.78 Å². The van der Waals surface area contributed by atoms with Gasteiger partial charge in [-0.25, -0.2) is 4.98 Å². The van der Waals surface area contributed by atoms with E-state index in [2.05, 4.69) is 30.7 Å². The van der Waals surface area contributed by atoms with Crippen LogP contribution in [0.25, 0.3) is 10.2 Å². The molecule has 0 spiro atoms. The number of carbonyl (C=O) groups excluding carboxylic acids is 1. The Balaban J connectivity index is 1.49. The average molecular weight is 368 g/mol. The van der Waals surface area contributed by atoms with E-state index in [9.17, 15) is 4.79 Å². The van der Waals surface area contributed by atoms with E-state index in [1.807, 2.05) is 24.3 Å². The van der Waals surface area contributed by atoms with Crippen molar-refractivity contribution in [2.75, 3.05) is 6.54 Å². The van der Waals surface area contributed by atoms with Gasteiger partial charge in [-0.15, -0.1) is 11.3 Å². The summed E-state index contributed by atoms with van der Waals surface area (Å²) in [6, 6.07) is 8.30. The maximum Gasteiger partial charge on any atom is 0.169 e. The molecular weight excluding hydrogens is 342 g/mol. The highest BCUT2D eigenvalue weighted by molar-refractivity contribution is 7.18. The van der Waals surface area contributed by atoms with Crippen LogP contribution in [0.15, 0.2) is 24.3 Å². The van der Waals surface area contributed by atoms with Crippen LogP contribution in [0.2, 0.25) is 0 Å². The molecule has 136 valence electrons. The molecule has 0 amide bonds. The highest BCUT2D eigenvalue weighted by Gasteiger charge is 2.64. The van der Waals surface area contributed by atoms with E-state index in [1.165, 1.54) is 12.8 Å². The van der Waals surface area contributed by atoms with E-state index in [4.69, 9.17) is 5.41 Å². The third kappa shape index (κ3) is 1.92. The summed E-state index contributed by atoms with van der Waals surface area (Å²) in [4.78, 5) is 19.7. The minimum absolute atomic E-state index is 0.137. The number of aromatic nitrogens is 1. The van der Waals surface area contributed by atoms with Crippen molar-refractivity contribution in [2.45, 2.75) is 52.0 Å². The number of likely N-dealkylation sites (tertiary alicyclic amines) is 1. The first-order valence-corrected chi connectivity index (χ1v) is 10.4. The maximum absolute atomic E-state index is 12.9. The van der Waals surface area contributed by atoms with Gasteiger partial charge in [-0.3, -0.25) is 10.2 Å². The number of amidine groups is 1. The largest absolute Gasteiger partial charge is 0.349 e. The average Bonchev–Trinajstić information content (AvgIpc) is 3.25. The number of nitrogens with one attached hydrogen (secondary N) is 1. The third-order valence-corrected chi connectivity index (χ3v) is 9.01. The summed E-state index contributed by atoms with van der Waals surface area (Å²) in [6.45, 7) is 7.53. The molecule has 26 heavy (non-hydrogen) atoms. The molecule has 2 saturated carbocycles. The summed E-state index contributed by atoms with van der Waals surface area (Å²) in [5, 5.41) is 9.63. The molecular formula is C21H25N3OS. The van der Waals surface area contributed by atoms with Gasteiger partial charge in [0.05, 0.1) is 16.8 Å². The van der Waals surface area contributed by atoms with Crippen LogP contribution in [0, 0.1) is 22.2 Å². The van der Waals surface area contributed by atoms with E-state index < -0.39 is 5.92 Å². The molecule has 1 aliphatic heterocycles. The van der Waals surface area contributed by atoms with Gasteiger partial charge in [-0.05, 0) is 48.1 Å². The Kier molecular flexibility index (Phi) is 3.26. The van der Waals surface area contributed by atoms with Crippen LogP contribution in [-0.2, 0) is 4.79 Å². The van der Waals surface area contributed by atoms with E-state index in [0.717, 1.165) is 21.6 Å². The molecule has 1 aromatic carbocycles. The van der Waals surface area contributed by atoms with Gasteiger partial charge in [0, 0.05) is 6.04 Å². The molecule has 2 aliphatic carbocycles. The first-order valence-electron chi connectivity index (χ1n) is 9.56. The minimum Gasteiger partial charge on any atom is -0.349 e. The van der Waals surface area contributed by atoms with E-state index in [-0.39, 0.29) is 16.6 Å². The number of nitrogens with zero attached hydrogens (tertiary/aromatic N) is 2. The van der Waals surface area contributed by atoms with Crippen LogP contribution in [0.4, 0.5) is 0 Å². The molecule has 2 bridgehead atoms. The lowest BCUT2D eigenvalue weighted by molar-refractivity contribution is -0.118. The zero-order valence-electron chi connectivity index (χ0n) is 15.6. The van der Waals surface area contributed by atoms with Gasteiger partial charge in [0.25, 0.3) is 0 Å². The highest BCUT2D eigenvalue weighted by Crippen LogP contribution is 2.67. The van der Waals surface area contributed by atoms with Crippen molar-refractivity contribution in [3.8, 4) is 0 Å². The van der Waals surface area contributed by atoms with Crippen LogP contribution >= 0.6 is 11.3 Å². The van der Waals surface area contributed by atoms with Gasteiger partial charge in [-0.2, -0.15) is 0 Å². The van der Waals surface area contributed by atoms with Gasteiger partial charge < -0.3 is 4.90 Å². The first kappa shape index (κ1) is 16.4. The summed E-state index contributed by atoms with van der Waals surface area (Å²) in [7, 11) is 0. The van der Waals surface area contributed by atoms with E-state index >= 15 is 0 Å². The van der Waals surface area contributed by atoms with Crippen molar-refractivity contribution >= 4 is 33.2 Å². The number of ketones is 1. The summed E-state index contributed by atoms with van der Waals surface area (Å²) in [5.41, 5.74) is 1.40. The lowest BCUT2D eigenvalue weighted by atomic mass is 9.69. The Morgan fingerprint density at radius 3 is 2.69 bits per heavy atom. The van der Waals surface area contributed by atoms with Crippen molar-refractivity contribution < 1.29 is 4.79 Å². The normalized spacial score (nSPS) is 35.8. The Labute approximate surface area is 158 Å². The molecule has 5 heteroatoms.